The first-order chi connectivity index (χ1) is 7.16. The van der Waals surface area contributed by atoms with Gasteiger partial charge in [0.25, 0.3) is 0 Å². The van der Waals surface area contributed by atoms with Gasteiger partial charge in [-0.05, 0) is 20.9 Å². The van der Waals surface area contributed by atoms with E-state index in [-0.39, 0.29) is 0 Å². The molecule has 86 valence electrons. The van der Waals surface area contributed by atoms with Gasteiger partial charge in [-0.25, -0.2) is 0 Å². The molecule has 15 heavy (non-hydrogen) atoms. The van der Waals surface area contributed by atoms with Crippen molar-refractivity contribution in [2.24, 2.45) is 0 Å². The number of piperazine rings is 2. The van der Waals surface area contributed by atoms with Crippen LogP contribution < -0.4 is 0 Å². The molecule has 3 atom stereocenters. The van der Waals surface area contributed by atoms with Crippen LogP contribution in [-0.4, -0.2) is 72.5 Å². The van der Waals surface area contributed by atoms with Crippen molar-refractivity contribution < 1.29 is 4.74 Å². The zero-order chi connectivity index (χ0) is 10.6. The Kier molecular flexibility index (Phi) is 2.28. The summed E-state index contributed by atoms with van der Waals surface area (Å²) in [5, 5.41) is 0. The summed E-state index contributed by atoms with van der Waals surface area (Å²) < 4.78 is 5.69. The average molecular weight is 211 g/mol. The van der Waals surface area contributed by atoms with E-state index in [0.717, 1.165) is 6.54 Å². The predicted octanol–water partition coefficient (Wildman–Crippen LogP) is 0.00880. The van der Waals surface area contributed by atoms with E-state index >= 15 is 0 Å². The van der Waals surface area contributed by atoms with Crippen LogP contribution in [0.15, 0.2) is 0 Å². The molecule has 0 aliphatic carbocycles. The molecule has 2 unspecified atom stereocenters. The van der Waals surface area contributed by atoms with Crippen molar-refractivity contribution >= 4 is 0 Å². The third-order valence-corrected chi connectivity index (χ3v) is 4.00. The summed E-state index contributed by atoms with van der Waals surface area (Å²) in [6.07, 6.45) is 0.801. The van der Waals surface area contributed by atoms with E-state index in [2.05, 4.69) is 35.6 Å². The highest BCUT2D eigenvalue weighted by Crippen LogP contribution is 2.36. The lowest BCUT2D eigenvalue weighted by Gasteiger charge is -2.45. The minimum absolute atomic E-state index is 0.395. The summed E-state index contributed by atoms with van der Waals surface area (Å²) >= 11 is 0. The van der Waals surface area contributed by atoms with E-state index < -0.39 is 0 Å². The number of likely N-dealkylation sites (N-methyl/N-ethyl adjacent to an activating group) is 1. The van der Waals surface area contributed by atoms with Crippen molar-refractivity contribution in [1.82, 2.24) is 14.7 Å². The van der Waals surface area contributed by atoms with Crippen molar-refractivity contribution in [2.45, 2.75) is 38.4 Å². The maximum Gasteiger partial charge on any atom is 0.153 e. The molecular weight excluding hydrogens is 190 g/mol. The van der Waals surface area contributed by atoms with Crippen LogP contribution in [0.25, 0.3) is 0 Å². The standard InChI is InChI=1S/C11H21N3O/c1-8(2)13-4-5-14-9(7-13)6-12(3)10-11(14)15-10/h8-11H,4-7H2,1-3H3/t9?,10?,11-/m0/s1. The Morgan fingerprint density at radius 2 is 1.93 bits per heavy atom. The van der Waals surface area contributed by atoms with Crippen LogP contribution in [0.1, 0.15) is 13.8 Å². The zero-order valence-corrected chi connectivity index (χ0v) is 9.89. The van der Waals surface area contributed by atoms with Crippen LogP contribution in [0.3, 0.4) is 0 Å². The maximum absolute atomic E-state index is 5.69. The Hall–Kier alpha value is -0.160. The topological polar surface area (TPSA) is 22.2 Å². The molecule has 3 heterocycles. The quantitative estimate of drug-likeness (QED) is 0.570. The fourth-order valence-electron chi connectivity index (χ4n) is 2.96. The second-order valence-corrected chi connectivity index (χ2v) is 5.34. The molecule has 3 saturated heterocycles. The molecule has 0 bridgehead atoms. The lowest BCUT2D eigenvalue weighted by atomic mass is 10.1. The third kappa shape index (κ3) is 1.60. The Bertz CT molecular complexity index is 258. The van der Waals surface area contributed by atoms with Gasteiger partial charge < -0.3 is 4.74 Å². The van der Waals surface area contributed by atoms with Crippen LogP contribution in [0.2, 0.25) is 0 Å². The fourth-order valence-corrected chi connectivity index (χ4v) is 2.96. The summed E-state index contributed by atoms with van der Waals surface area (Å²) in [6, 6.07) is 1.35. The first-order valence-corrected chi connectivity index (χ1v) is 6.02. The van der Waals surface area contributed by atoms with Gasteiger partial charge in [-0.1, -0.05) is 0 Å². The van der Waals surface area contributed by atoms with E-state index in [1.165, 1.54) is 19.6 Å². The molecule has 3 aliphatic heterocycles. The molecule has 0 amide bonds. The van der Waals surface area contributed by atoms with Crippen LogP contribution in [0.4, 0.5) is 0 Å². The second-order valence-electron chi connectivity index (χ2n) is 5.34. The number of hydrogen-bond donors (Lipinski definition) is 0. The number of ether oxygens (including phenoxy) is 1. The molecule has 0 aromatic heterocycles. The molecule has 0 aromatic carbocycles. The highest BCUT2D eigenvalue weighted by molar-refractivity contribution is 4.98. The summed E-state index contributed by atoms with van der Waals surface area (Å²) in [6.45, 7) is 9.32. The first-order valence-electron chi connectivity index (χ1n) is 6.02. The van der Waals surface area contributed by atoms with Crippen LogP contribution in [0, 0.1) is 0 Å². The van der Waals surface area contributed by atoms with E-state index in [1.54, 1.807) is 0 Å². The number of nitrogens with zero attached hydrogens (tertiary/aromatic N) is 3. The molecule has 0 N–H and O–H groups in total. The molecule has 3 aliphatic rings. The molecule has 4 nitrogen and oxygen atoms in total. The third-order valence-electron chi connectivity index (χ3n) is 4.00. The molecular formula is C11H21N3O. The van der Waals surface area contributed by atoms with Crippen LogP contribution in [-0.2, 0) is 4.74 Å². The van der Waals surface area contributed by atoms with Gasteiger partial charge in [0, 0.05) is 38.3 Å². The largest absolute Gasteiger partial charge is 0.336 e. The highest BCUT2D eigenvalue weighted by atomic mass is 16.6. The summed E-state index contributed by atoms with van der Waals surface area (Å²) in [5.41, 5.74) is 0. The average Bonchev–Trinajstić information content (AvgIpc) is 2.97. The van der Waals surface area contributed by atoms with E-state index in [9.17, 15) is 0 Å². The minimum atomic E-state index is 0.395. The second kappa shape index (κ2) is 3.42. The van der Waals surface area contributed by atoms with Crippen molar-refractivity contribution in [1.29, 1.82) is 0 Å². The molecule has 3 fully saturated rings. The van der Waals surface area contributed by atoms with E-state index in [4.69, 9.17) is 4.74 Å². The Morgan fingerprint density at radius 3 is 2.67 bits per heavy atom. The molecule has 0 radical (unpaired) electrons. The Morgan fingerprint density at radius 1 is 1.13 bits per heavy atom. The van der Waals surface area contributed by atoms with Crippen molar-refractivity contribution in [3.8, 4) is 0 Å². The molecule has 0 spiro atoms. The Labute approximate surface area is 91.8 Å². The Balaban J connectivity index is 1.69. The number of epoxide rings is 1. The summed E-state index contributed by atoms with van der Waals surface area (Å²) in [4.78, 5) is 7.50. The van der Waals surface area contributed by atoms with E-state index in [1.807, 2.05) is 0 Å². The molecule has 3 rings (SSSR count). The fraction of sp³-hybridized carbons (Fsp3) is 1.00. The maximum atomic E-state index is 5.69. The van der Waals surface area contributed by atoms with Gasteiger partial charge in [0.1, 0.15) is 0 Å². The lowest BCUT2D eigenvalue weighted by Crippen LogP contribution is -2.62. The molecule has 0 saturated carbocycles. The first kappa shape index (κ1) is 10.0. The minimum Gasteiger partial charge on any atom is -0.336 e. The monoisotopic (exact) mass is 211 g/mol. The predicted molar refractivity (Wildman–Crippen MR) is 58.5 cm³/mol. The van der Waals surface area contributed by atoms with Crippen LogP contribution in [0.5, 0.6) is 0 Å². The summed E-state index contributed by atoms with van der Waals surface area (Å²) in [5.74, 6) is 0. The number of rotatable bonds is 1. The van der Waals surface area contributed by atoms with Crippen molar-refractivity contribution in [3.05, 3.63) is 0 Å². The van der Waals surface area contributed by atoms with Gasteiger partial charge in [0.2, 0.25) is 0 Å². The van der Waals surface area contributed by atoms with Gasteiger partial charge in [-0.3, -0.25) is 14.7 Å². The van der Waals surface area contributed by atoms with E-state index in [0.29, 0.717) is 24.5 Å². The van der Waals surface area contributed by atoms with Crippen molar-refractivity contribution in [3.63, 3.8) is 0 Å². The normalized spacial score (nSPS) is 42.8. The molecule has 4 heteroatoms. The SMILES string of the molecule is CC(C)N1CCN2C(CN(C)C3O[C@@H]32)C1. The molecule has 0 aromatic rings. The number of hydrogen-bond acceptors (Lipinski definition) is 4. The smallest absolute Gasteiger partial charge is 0.153 e. The van der Waals surface area contributed by atoms with Gasteiger partial charge >= 0.3 is 0 Å². The van der Waals surface area contributed by atoms with Gasteiger partial charge in [-0.15, -0.1) is 0 Å². The number of fused-ring (bicyclic) bond motifs is 3. The highest BCUT2D eigenvalue weighted by Gasteiger charge is 2.54. The summed E-state index contributed by atoms with van der Waals surface area (Å²) in [7, 11) is 2.18. The van der Waals surface area contributed by atoms with Gasteiger partial charge in [0.15, 0.2) is 12.5 Å². The zero-order valence-electron chi connectivity index (χ0n) is 9.89. The van der Waals surface area contributed by atoms with Crippen molar-refractivity contribution in [2.75, 3.05) is 33.2 Å². The van der Waals surface area contributed by atoms with Gasteiger partial charge in [-0.2, -0.15) is 0 Å². The van der Waals surface area contributed by atoms with Gasteiger partial charge in [0.05, 0.1) is 0 Å². The van der Waals surface area contributed by atoms with Crippen LogP contribution >= 0.6 is 0 Å². The lowest BCUT2D eigenvalue weighted by molar-refractivity contribution is 0.00202.